The normalized spacial score (nSPS) is 15.6. The molecule has 190 valence electrons. The van der Waals surface area contributed by atoms with Crippen LogP contribution in [-0.4, -0.2) is 27.0 Å². The summed E-state index contributed by atoms with van der Waals surface area (Å²) in [4.78, 5) is 28.0. The predicted molar refractivity (Wildman–Crippen MR) is 152 cm³/mol. The van der Waals surface area contributed by atoms with Crippen molar-refractivity contribution in [3.05, 3.63) is 124 Å². The van der Waals surface area contributed by atoms with E-state index < -0.39 is 23.5 Å². The lowest BCUT2D eigenvalue weighted by atomic mass is 9.95. The molecule has 1 aliphatic heterocycles. The second kappa shape index (κ2) is 11.3. The van der Waals surface area contributed by atoms with E-state index in [9.17, 15) is 14.7 Å². The maximum Gasteiger partial charge on any atom is 0.296 e. The van der Waals surface area contributed by atoms with Gasteiger partial charge in [-0.2, -0.15) is 0 Å². The van der Waals surface area contributed by atoms with E-state index in [-0.39, 0.29) is 5.57 Å². The molecule has 0 radical (unpaired) electrons. The van der Waals surface area contributed by atoms with E-state index in [4.69, 9.17) is 11.6 Å². The average Bonchev–Trinajstić information content (AvgIpc) is 3.50. The molecule has 0 saturated carbocycles. The number of aliphatic hydroxyl groups excluding tert-OH is 1. The molecule has 1 atom stereocenters. The van der Waals surface area contributed by atoms with Crippen LogP contribution in [0.15, 0.2) is 101 Å². The third-order valence-electron chi connectivity index (χ3n) is 5.97. The summed E-state index contributed by atoms with van der Waals surface area (Å²) in [5, 5.41) is 20.4. The maximum absolute atomic E-state index is 13.4. The van der Waals surface area contributed by atoms with Crippen LogP contribution in [0.4, 0.5) is 5.13 Å². The zero-order valence-electron chi connectivity index (χ0n) is 20.2. The minimum absolute atomic E-state index is 0.0107. The number of carbonyl (C=O) groups is 2. The Kier molecular flexibility index (Phi) is 7.74. The number of allylic oxidation sites excluding steroid dienone is 1. The number of nitrogens with zero attached hydrogens (tertiary/aromatic N) is 3. The summed E-state index contributed by atoms with van der Waals surface area (Å²) in [5.41, 5.74) is 3.64. The molecule has 9 heteroatoms. The molecule has 0 spiro atoms. The highest BCUT2D eigenvalue weighted by atomic mass is 35.5. The fourth-order valence-electron chi connectivity index (χ4n) is 4.03. The molecule has 1 amide bonds. The topological polar surface area (TPSA) is 83.4 Å². The lowest BCUT2D eigenvalue weighted by molar-refractivity contribution is -0.117. The number of hydrogen-bond donors (Lipinski definition) is 1. The van der Waals surface area contributed by atoms with Crippen molar-refractivity contribution in [3.8, 4) is 0 Å². The second-order valence-corrected chi connectivity index (χ2v) is 11.2. The van der Waals surface area contributed by atoms with Gasteiger partial charge in [0.05, 0.1) is 11.6 Å². The highest BCUT2D eigenvalue weighted by molar-refractivity contribution is 8.00. The molecule has 1 aromatic heterocycles. The van der Waals surface area contributed by atoms with Gasteiger partial charge in [-0.15, -0.1) is 10.2 Å². The summed E-state index contributed by atoms with van der Waals surface area (Å²) in [7, 11) is 0. The highest BCUT2D eigenvalue weighted by Gasteiger charge is 2.45. The summed E-state index contributed by atoms with van der Waals surface area (Å²) in [6.45, 7) is 1.96. The van der Waals surface area contributed by atoms with Gasteiger partial charge in [-0.05, 0) is 41.8 Å². The Balaban J connectivity index is 1.45. The molecule has 4 aromatic rings. The summed E-state index contributed by atoms with van der Waals surface area (Å²) in [6, 6.07) is 23.6. The molecule has 3 aromatic carbocycles. The smallest absolute Gasteiger partial charge is 0.296 e. The monoisotopic (exact) mass is 559 g/mol. The Morgan fingerprint density at radius 3 is 2.47 bits per heavy atom. The summed E-state index contributed by atoms with van der Waals surface area (Å²) in [5.74, 6) is -1.06. The first kappa shape index (κ1) is 25.9. The van der Waals surface area contributed by atoms with Crippen molar-refractivity contribution in [3.63, 3.8) is 0 Å². The number of amides is 1. The molecule has 2 heterocycles. The Labute approximate surface area is 233 Å². The Hall–Kier alpha value is -3.72. The van der Waals surface area contributed by atoms with Gasteiger partial charge < -0.3 is 5.11 Å². The average molecular weight is 560 g/mol. The Morgan fingerprint density at radius 2 is 1.76 bits per heavy atom. The number of anilines is 1. The quantitative estimate of drug-likeness (QED) is 0.142. The number of aryl methyl sites for hydroxylation is 1. The van der Waals surface area contributed by atoms with Crippen LogP contribution >= 0.6 is 34.7 Å². The van der Waals surface area contributed by atoms with Crippen molar-refractivity contribution >= 4 is 57.6 Å². The fourth-order valence-corrected chi connectivity index (χ4v) is 5.98. The van der Waals surface area contributed by atoms with Crippen molar-refractivity contribution in [2.75, 3.05) is 4.90 Å². The van der Waals surface area contributed by atoms with Gasteiger partial charge in [-0.1, -0.05) is 113 Å². The van der Waals surface area contributed by atoms with Crippen LogP contribution in [0, 0.1) is 6.92 Å². The lowest BCUT2D eigenvalue weighted by Crippen LogP contribution is -2.30. The first-order chi connectivity index (χ1) is 18.4. The van der Waals surface area contributed by atoms with Crippen molar-refractivity contribution in [2.24, 2.45) is 0 Å². The Morgan fingerprint density at radius 1 is 1.05 bits per heavy atom. The van der Waals surface area contributed by atoms with Crippen molar-refractivity contribution in [1.29, 1.82) is 0 Å². The van der Waals surface area contributed by atoms with Crippen LogP contribution in [0.3, 0.4) is 0 Å². The van der Waals surface area contributed by atoms with Crippen LogP contribution in [0.1, 0.15) is 28.3 Å². The van der Waals surface area contributed by atoms with Gasteiger partial charge in [-0.3, -0.25) is 14.5 Å². The minimum atomic E-state index is -0.835. The van der Waals surface area contributed by atoms with Gasteiger partial charge in [0, 0.05) is 10.8 Å². The number of rotatable bonds is 8. The largest absolute Gasteiger partial charge is 0.503 e. The number of aliphatic hydroxyl groups is 1. The van der Waals surface area contributed by atoms with E-state index in [1.165, 1.54) is 34.1 Å². The van der Waals surface area contributed by atoms with E-state index >= 15 is 0 Å². The molecule has 38 heavy (non-hydrogen) atoms. The third-order valence-corrected chi connectivity index (χ3v) is 8.35. The van der Waals surface area contributed by atoms with Gasteiger partial charge in [0.25, 0.3) is 5.91 Å². The van der Waals surface area contributed by atoms with Crippen molar-refractivity contribution < 1.29 is 14.7 Å². The number of aromatic nitrogens is 2. The summed E-state index contributed by atoms with van der Waals surface area (Å²) >= 11 is 8.69. The first-order valence-electron chi connectivity index (χ1n) is 11.7. The van der Waals surface area contributed by atoms with Gasteiger partial charge >= 0.3 is 0 Å². The number of carbonyl (C=O) groups excluding carboxylic acids is 2. The lowest BCUT2D eigenvalue weighted by Gasteiger charge is -2.23. The molecule has 0 saturated heterocycles. The summed E-state index contributed by atoms with van der Waals surface area (Å²) in [6.07, 6.45) is 3.05. The number of ketones is 1. The molecule has 1 aliphatic rings. The molecule has 0 fully saturated rings. The number of hydrogen-bond acceptors (Lipinski definition) is 7. The molecule has 1 unspecified atom stereocenters. The van der Waals surface area contributed by atoms with Gasteiger partial charge in [-0.25, -0.2) is 0 Å². The number of thioether (sulfide) groups is 1. The van der Waals surface area contributed by atoms with Crippen LogP contribution in [0.2, 0.25) is 5.02 Å². The number of benzene rings is 3. The second-order valence-electron chi connectivity index (χ2n) is 8.62. The zero-order valence-corrected chi connectivity index (χ0v) is 22.6. The molecular formula is C29H22ClN3O3S2. The van der Waals surface area contributed by atoms with Gasteiger partial charge in [0.15, 0.2) is 15.9 Å². The SMILES string of the molecule is Cc1ccc(C2C(C(=O)/C=C/c3ccccc3)=C(O)C(=O)N2c2nnc(SCc3ccc(Cl)cc3)s2)cc1. The van der Waals surface area contributed by atoms with E-state index in [0.29, 0.717) is 25.8 Å². The van der Waals surface area contributed by atoms with Gasteiger partial charge in [0.2, 0.25) is 5.13 Å². The van der Waals surface area contributed by atoms with Crippen LogP contribution in [0.25, 0.3) is 6.08 Å². The van der Waals surface area contributed by atoms with E-state index in [1.807, 2.05) is 85.8 Å². The fraction of sp³-hybridized carbons (Fsp3) is 0.103. The van der Waals surface area contributed by atoms with E-state index in [2.05, 4.69) is 10.2 Å². The minimum Gasteiger partial charge on any atom is -0.503 e. The van der Waals surface area contributed by atoms with E-state index in [0.717, 1.165) is 16.7 Å². The predicted octanol–water partition coefficient (Wildman–Crippen LogP) is 6.97. The first-order valence-corrected chi connectivity index (χ1v) is 13.9. The van der Waals surface area contributed by atoms with Gasteiger partial charge in [0.1, 0.15) is 0 Å². The molecular weight excluding hydrogens is 538 g/mol. The number of halogens is 1. The van der Waals surface area contributed by atoms with Crippen molar-refractivity contribution in [1.82, 2.24) is 10.2 Å². The molecule has 5 rings (SSSR count). The van der Waals surface area contributed by atoms with Crippen LogP contribution < -0.4 is 4.90 Å². The molecule has 1 N–H and O–H groups in total. The zero-order chi connectivity index (χ0) is 26.6. The standard InChI is InChI=1S/C29H22ClN3O3S2/c1-18-7-12-21(13-8-18)25-24(23(34)16-11-19-5-3-2-4-6-19)26(35)27(36)33(25)28-31-32-29(38-28)37-17-20-9-14-22(30)15-10-20/h2-16,25,35H,17H2,1H3/b16-11+. The van der Waals surface area contributed by atoms with E-state index in [1.54, 1.807) is 6.08 Å². The summed E-state index contributed by atoms with van der Waals surface area (Å²) < 4.78 is 0.661. The third kappa shape index (κ3) is 5.57. The maximum atomic E-state index is 13.4. The molecule has 0 aliphatic carbocycles. The van der Waals surface area contributed by atoms with Crippen LogP contribution in [-0.2, 0) is 15.3 Å². The highest BCUT2D eigenvalue weighted by Crippen LogP contribution is 2.43. The molecule has 6 nitrogen and oxygen atoms in total. The Bertz CT molecular complexity index is 1530. The van der Waals surface area contributed by atoms with Crippen LogP contribution in [0.5, 0.6) is 0 Å². The van der Waals surface area contributed by atoms with Crippen molar-refractivity contribution in [2.45, 2.75) is 23.1 Å². The molecule has 0 bridgehead atoms.